The minimum atomic E-state index is -0.354. The van der Waals surface area contributed by atoms with Crippen LogP contribution in [0, 0.1) is 12.9 Å². The van der Waals surface area contributed by atoms with Crippen molar-refractivity contribution < 1.29 is 4.39 Å². The van der Waals surface area contributed by atoms with Gasteiger partial charge in [-0.1, -0.05) is 0 Å². The van der Waals surface area contributed by atoms with Crippen LogP contribution >= 0.6 is 0 Å². The van der Waals surface area contributed by atoms with Crippen LogP contribution in [0.1, 0.15) is 16.8 Å². The van der Waals surface area contributed by atoms with E-state index >= 15 is 0 Å². The summed E-state index contributed by atoms with van der Waals surface area (Å²) in [4.78, 5) is 3.87. The highest BCUT2D eigenvalue weighted by molar-refractivity contribution is 5.30. The van der Waals surface area contributed by atoms with Crippen molar-refractivity contribution in [2.75, 3.05) is 6.54 Å². The molecule has 0 saturated heterocycles. The molecule has 1 aliphatic rings. The summed E-state index contributed by atoms with van der Waals surface area (Å²) in [6.07, 6.45) is 0.841. The molecule has 0 spiro atoms. The Morgan fingerprint density at radius 3 is 3.25 bits per heavy atom. The second kappa shape index (κ2) is 2.83. The first-order chi connectivity index (χ1) is 5.77. The lowest BCUT2D eigenvalue weighted by Gasteiger charge is -2.17. The van der Waals surface area contributed by atoms with Gasteiger partial charge in [-0.15, -0.1) is 0 Å². The van der Waals surface area contributed by atoms with Gasteiger partial charge in [0.15, 0.2) is 0 Å². The zero-order chi connectivity index (χ0) is 8.55. The van der Waals surface area contributed by atoms with Crippen molar-refractivity contribution in [1.82, 2.24) is 10.3 Å². The van der Waals surface area contributed by atoms with E-state index in [1.54, 1.807) is 0 Å². The third-order valence-corrected chi connectivity index (χ3v) is 2.24. The molecular weight excluding hydrogens is 155 g/mol. The summed E-state index contributed by atoms with van der Waals surface area (Å²) in [5.74, 6) is -0.354. The third-order valence-electron chi connectivity index (χ3n) is 2.24. The Morgan fingerprint density at radius 1 is 1.58 bits per heavy atom. The molecule has 2 heterocycles. The van der Waals surface area contributed by atoms with Gasteiger partial charge in [0.25, 0.3) is 0 Å². The predicted molar refractivity (Wildman–Crippen MR) is 44.3 cm³/mol. The second-order valence-electron chi connectivity index (χ2n) is 3.11. The summed E-state index contributed by atoms with van der Waals surface area (Å²) in [5, 5.41) is 3.24. The average molecular weight is 166 g/mol. The zero-order valence-corrected chi connectivity index (χ0v) is 7.02. The van der Waals surface area contributed by atoms with Crippen LogP contribution in [0.4, 0.5) is 4.39 Å². The third kappa shape index (κ3) is 1.20. The van der Waals surface area contributed by atoms with Crippen LogP contribution in [-0.4, -0.2) is 11.5 Å². The zero-order valence-electron chi connectivity index (χ0n) is 7.02. The van der Waals surface area contributed by atoms with Gasteiger partial charge in [0, 0.05) is 25.2 Å². The minimum absolute atomic E-state index is 0.354. The van der Waals surface area contributed by atoms with Crippen LogP contribution in [0.5, 0.6) is 0 Å². The monoisotopic (exact) mass is 166 g/mol. The summed E-state index contributed by atoms with van der Waals surface area (Å²) in [5.41, 5.74) is 3.10. The number of hydrogen-bond acceptors (Lipinski definition) is 2. The largest absolute Gasteiger partial charge is 0.312 e. The smallest absolute Gasteiger partial charge is 0.213 e. The second-order valence-corrected chi connectivity index (χ2v) is 3.11. The molecule has 1 aromatic rings. The number of halogens is 1. The number of nitrogens with zero attached hydrogens (tertiary/aromatic N) is 1. The van der Waals surface area contributed by atoms with Crippen molar-refractivity contribution in [3.05, 3.63) is 28.8 Å². The van der Waals surface area contributed by atoms with Gasteiger partial charge >= 0.3 is 0 Å². The average Bonchev–Trinajstić information content (AvgIpc) is 2.04. The number of aryl methyl sites for hydroxylation is 1. The van der Waals surface area contributed by atoms with Crippen molar-refractivity contribution in [1.29, 1.82) is 0 Å². The standard InChI is InChI=1S/C9H11FN2/c1-6-4-9(10)12-8-2-3-11-5-7(6)8/h4,11H,2-3,5H2,1H3. The molecule has 2 rings (SSSR count). The van der Waals surface area contributed by atoms with Crippen LogP contribution in [0.25, 0.3) is 0 Å². The number of fused-ring (bicyclic) bond motifs is 1. The Labute approximate surface area is 70.8 Å². The molecule has 0 fully saturated rings. The van der Waals surface area contributed by atoms with Gasteiger partial charge in [-0.2, -0.15) is 4.39 Å². The van der Waals surface area contributed by atoms with Gasteiger partial charge in [-0.25, -0.2) is 4.98 Å². The molecule has 0 aromatic carbocycles. The maximum atomic E-state index is 12.8. The molecule has 1 N–H and O–H groups in total. The van der Waals surface area contributed by atoms with Gasteiger partial charge in [-0.3, -0.25) is 0 Å². The lowest BCUT2D eigenvalue weighted by Crippen LogP contribution is -2.25. The van der Waals surface area contributed by atoms with Crippen LogP contribution in [0.2, 0.25) is 0 Å². The van der Waals surface area contributed by atoms with Crippen LogP contribution in [-0.2, 0) is 13.0 Å². The summed E-state index contributed by atoms with van der Waals surface area (Å²) in [6.45, 7) is 3.66. The molecule has 0 aliphatic carbocycles. The molecule has 0 unspecified atom stereocenters. The van der Waals surface area contributed by atoms with Crippen molar-refractivity contribution in [3.63, 3.8) is 0 Å². The molecule has 1 aromatic heterocycles. The molecule has 0 bridgehead atoms. The minimum Gasteiger partial charge on any atom is -0.312 e. The number of nitrogens with one attached hydrogen (secondary N) is 1. The molecule has 3 heteroatoms. The molecule has 1 aliphatic heterocycles. The van der Waals surface area contributed by atoms with Gasteiger partial charge in [0.1, 0.15) is 0 Å². The van der Waals surface area contributed by atoms with Gasteiger partial charge in [0.2, 0.25) is 5.95 Å². The van der Waals surface area contributed by atoms with E-state index in [2.05, 4.69) is 10.3 Å². The molecule has 2 nitrogen and oxygen atoms in total. The predicted octanol–water partition coefficient (Wildman–Crippen LogP) is 1.17. The molecule has 0 radical (unpaired) electrons. The Bertz CT molecular complexity index is 310. The number of aromatic nitrogens is 1. The van der Waals surface area contributed by atoms with Gasteiger partial charge < -0.3 is 5.32 Å². The molecule has 64 valence electrons. The van der Waals surface area contributed by atoms with Crippen molar-refractivity contribution >= 4 is 0 Å². The van der Waals surface area contributed by atoms with Gasteiger partial charge in [-0.05, 0) is 24.1 Å². The lowest BCUT2D eigenvalue weighted by atomic mass is 10.0. The van der Waals surface area contributed by atoms with E-state index < -0.39 is 0 Å². The first-order valence-electron chi connectivity index (χ1n) is 4.13. The van der Waals surface area contributed by atoms with E-state index in [1.165, 1.54) is 11.6 Å². The topological polar surface area (TPSA) is 24.9 Å². The Hall–Kier alpha value is -0.960. The van der Waals surface area contributed by atoms with Crippen LogP contribution in [0.3, 0.4) is 0 Å². The summed E-state index contributed by atoms with van der Waals surface area (Å²) in [6, 6.07) is 1.49. The Kier molecular flexibility index (Phi) is 1.81. The lowest BCUT2D eigenvalue weighted by molar-refractivity contribution is 0.552. The van der Waals surface area contributed by atoms with Crippen LogP contribution < -0.4 is 5.32 Å². The van der Waals surface area contributed by atoms with Gasteiger partial charge in [0.05, 0.1) is 0 Å². The van der Waals surface area contributed by atoms with Crippen LogP contribution in [0.15, 0.2) is 6.07 Å². The van der Waals surface area contributed by atoms with Crippen molar-refractivity contribution in [3.8, 4) is 0 Å². The Balaban J connectivity index is 2.53. The van der Waals surface area contributed by atoms with E-state index in [1.807, 2.05) is 6.92 Å². The van der Waals surface area contributed by atoms with Crippen molar-refractivity contribution in [2.24, 2.45) is 0 Å². The fourth-order valence-electron chi connectivity index (χ4n) is 1.59. The van der Waals surface area contributed by atoms with E-state index in [-0.39, 0.29) is 5.95 Å². The van der Waals surface area contributed by atoms with E-state index in [0.29, 0.717) is 0 Å². The first-order valence-corrected chi connectivity index (χ1v) is 4.13. The first kappa shape index (κ1) is 7.68. The summed E-state index contributed by atoms with van der Waals surface area (Å²) in [7, 11) is 0. The quantitative estimate of drug-likeness (QED) is 0.585. The van der Waals surface area contributed by atoms with E-state index in [0.717, 1.165) is 30.8 Å². The molecule has 12 heavy (non-hydrogen) atoms. The molecule has 0 amide bonds. The number of hydrogen-bond donors (Lipinski definition) is 1. The molecule has 0 atom stereocenters. The number of rotatable bonds is 0. The number of pyridine rings is 1. The molecule has 0 saturated carbocycles. The maximum absolute atomic E-state index is 12.8. The highest BCUT2D eigenvalue weighted by Crippen LogP contribution is 2.16. The Morgan fingerprint density at radius 2 is 2.42 bits per heavy atom. The van der Waals surface area contributed by atoms with E-state index in [4.69, 9.17) is 0 Å². The highest BCUT2D eigenvalue weighted by Gasteiger charge is 2.13. The van der Waals surface area contributed by atoms with E-state index in [9.17, 15) is 4.39 Å². The fraction of sp³-hybridized carbons (Fsp3) is 0.444. The maximum Gasteiger partial charge on any atom is 0.213 e. The fourth-order valence-corrected chi connectivity index (χ4v) is 1.59. The normalized spacial score (nSPS) is 15.8. The highest BCUT2D eigenvalue weighted by atomic mass is 19.1. The molecular formula is C9H11FN2. The summed E-state index contributed by atoms with van der Waals surface area (Å²) < 4.78 is 12.8. The van der Waals surface area contributed by atoms with Crippen molar-refractivity contribution in [2.45, 2.75) is 19.9 Å². The SMILES string of the molecule is Cc1cc(F)nc2c1CNCC2. The summed E-state index contributed by atoms with van der Waals surface area (Å²) >= 11 is 0.